The Bertz CT molecular complexity index is 630. The van der Waals surface area contributed by atoms with Gasteiger partial charge in [0.1, 0.15) is 11.6 Å². The molecule has 0 atom stereocenters. The highest BCUT2D eigenvalue weighted by Gasteiger charge is 2.08. The van der Waals surface area contributed by atoms with Gasteiger partial charge >= 0.3 is 0 Å². The van der Waals surface area contributed by atoms with Gasteiger partial charge < -0.3 is 4.74 Å². The van der Waals surface area contributed by atoms with Crippen molar-refractivity contribution >= 4 is 0 Å². The minimum absolute atomic E-state index is 0.243. The monoisotopic (exact) mass is 253 g/mol. The fraction of sp³-hybridized carbons (Fsp3) is 0.267. The number of benzene rings is 1. The first-order chi connectivity index (χ1) is 9.08. The molecule has 1 aromatic heterocycles. The van der Waals surface area contributed by atoms with Crippen molar-refractivity contribution in [2.45, 2.75) is 26.7 Å². The third-order valence-corrected chi connectivity index (χ3v) is 2.55. The zero-order valence-electron chi connectivity index (χ0n) is 11.2. The van der Waals surface area contributed by atoms with Crippen LogP contribution in [0.15, 0.2) is 30.3 Å². The number of hydrogen-bond donors (Lipinski definition) is 0. The summed E-state index contributed by atoms with van der Waals surface area (Å²) in [6.07, 6.45) is 0. The maximum atomic E-state index is 8.86. The third kappa shape index (κ3) is 3.29. The first-order valence-corrected chi connectivity index (χ1v) is 6.12. The van der Waals surface area contributed by atoms with Crippen LogP contribution in [-0.2, 0) is 0 Å². The largest absolute Gasteiger partial charge is 0.439 e. The first kappa shape index (κ1) is 13.0. The molecule has 0 unspecified atom stereocenters. The molecule has 96 valence electrons. The van der Waals surface area contributed by atoms with Crippen LogP contribution in [0.5, 0.6) is 11.6 Å². The second kappa shape index (κ2) is 5.49. The number of nitrogens with zero attached hydrogens (tertiary/aromatic N) is 3. The van der Waals surface area contributed by atoms with Crippen LogP contribution in [-0.4, -0.2) is 9.97 Å². The lowest BCUT2D eigenvalue weighted by atomic mass is 10.2. The van der Waals surface area contributed by atoms with Crippen molar-refractivity contribution in [3.8, 4) is 17.7 Å². The number of ether oxygens (including phenoxy) is 1. The van der Waals surface area contributed by atoms with E-state index in [2.05, 4.69) is 16.0 Å². The molecule has 1 heterocycles. The van der Waals surface area contributed by atoms with Gasteiger partial charge in [0.2, 0.25) is 5.88 Å². The van der Waals surface area contributed by atoms with Crippen LogP contribution in [0.25, 0.3) is 0 Å². The van der Waals surface area contributed by atoms with Crippen molar-refractivity contribution in [3.63, 3.8) is 0 Å². The van der Waals surface area contributed by atoms with E-state index in [4.69, 9.17) is 10.00 Å². The summed E-state index contributed by atoms with van der Waals surface area (Å²) in [6, 6.07) is 10.9. The van der Waals surface area contributed by atoms with Crippen molar-refractivity contribution < 1.29 is 4.74 Å². The summed E-state index contributed by atoms with van der Waals surface area (Å²) in [5.41, 5.74) is 1.43. The Hall–Kier alpha value is -2.41. The Kier molecular flexibility index (Phi) is 3.76. The van der Waals surface area contributed by atoms with E-state index in [1.54, 1.807) is 30.3 Å². The molecular formula is C15H15N3O. The molecule has 1 aromatic carbocycles. The molecule has 4 heteroatoms. The molecule has 0 saturated heterocycles. The van der Waals surface area contributed by atoms with E-state index < -0.39 is 0 Å². The molecule has 19 heavy (non-hydrogen) atoms. The van der Waals surface area contributed by atoms with E-state index in [9.17, 15) is 0 Å². The number of hydrogen-bond acceptors (Lipinski definition) is 4. The zero-order valence-corrected chi connectivity index (χ0v) is 11.2. The molecule has 0 aliphatic carbocycles. The summed E-state index contributed by atoms with van der Waals surface area (Å²) < 4.78 is 5.69. The van der Waals surface area contributed by atoms with E-state index in [1.165, 1.54) is 0 Å². The van der Waals surface area contributed by atoms with Gasteiger partial charge in [0.15, 0.2) is 0 Å². The van der Waals surface area contributed by atoms with Gasteiger partial charge in [-0.25, -0.2) is 4.98 Å². The smallest absolute Gasteiger partial charge is 0.222 e. The SMILES string of the molecule is Cc1cc(Oc2cccc(C#N)c2)nc(C(C)C)n1. The average Bonchev–Trinajstić information content (AvgIpc) is 2.38. The highest BCUT2D eigenvalue weighted by molar-refractivity contribution is 5.38. The second-order valence-electron chi connectivity index (χ2n) is 4.60. The molecular weight excluding hydrogens is 238 g/mol. The summed E-state index contributed by atoms with van der Waals surface area (Å²) in [5.74, 6) is 2.11. The van der Waals surface area contributed by atoms with Gasteiger partial charge in [-0.15, -0.1) is 0 Å². The Balaban J connectivity index is 2.30. The third-order valence-electron chi connectivity index (χ3n) is 2.55. The fourth-order valence-electron chi connectivity index (χ4n) is 1.62. The van der Waals surface area contributed by atoms with Gasteiger partial charge in [-0.3, -0.25) is 0 Å². The standard InChI is InChI=1S/C15H15N3O/c1-10(2)15-17-11(3)7-14(18-15)19-13-6-4-5-12(8-13)9-16/h4-8,10H,1-3H3. The molecule has 0 bridgehead atoms. The Morgan fingerprint density at radius 2 is 2.00 bits per heavy atom. The van der Waals surface area contributed by atoms with Crippen LogP contribution in [0.3, 0.4) is 0 Å². The normalized spacial score (nSPS) is 10.3. The lowest BCUT2D eigenvalue weighted by Gasteiger charge is -2.09. The van der Waals surface area contributed by atoms with Gasteiger partial charge in [-0.2, -0.15) is 10.2 Å². The van der Waals surface area contributed by atoms with Gasteiger partial charge in [0, 0.05) is 17.7 Å². The van der Waals surface area contributed by atoms with Gasteiger partial charge in [-0.05, 0) is 25.1 Å². The highest BCUT2D eigenvalue weighted by Crippen LogP contribution is 2.22. The van der Waals surface area contributed by atoms with Crippen LogP contribution in [0.4, 0.5) is 0 Å². The Morgan fingerprint density at radius 1 is 1.21 bits per heavy atom. The fourth-order valence-corrected chi connectivity index (χ4v) is 1.62. The molecule has 4 nitrogen and oxygen atoms in total. The van der Waals surface area contributed by atoms with Crippen LogP contribution in [0.1, 0.15) is 36.8 Å². The van der Waals surface area contributed by atoms with Crippen molar-refractivity contribution in [1.82, 2.24) is 9.97 Å². The maximum absolute atomic E-state index is 8.86. The summed E-state index contributed by atoms with van der Waals surface area (Å²) in [6.45, 7) is 5.98. The molecule has 0 radical (unpaired) electrons. The van der Waals surface area contributed by atoms with Gasteiger partial charge in [0.25, 0.3) is 0 Å². The number of aromatic nitrogens is 2. The van der Waals surface area contributed by atoms with Gasteiger partial charge in [-0.1, -0.05) is 19.9 Å². The quantitative estimate of drug-likeness (QED) is 0.839. The van der Waals surface area contributed by atoms with Crippen molar-refractivity contribution in [2.75, 3.05) is 0 Å². The molecule has 0 aliphatic heterocycles. The highest BCUT2D eigenvalue weighted by atomic mass is 16.5. The summed E-state index contributed by atoms with van der Waals surface area (Å²) in [7, 11) is 0. The molecule has 2 aromatic rings. The Labute approximate surface area is 112 Å². The predicted octanol–water partition coefficient (Wildman–Crippen LogP) is 3.57. The number of nitriles is 1. The summed E-state index contributed by atoms with van der Waals surface area (Å²) in [5, 5.41) is 8.86. The molecule has 0 spiro atoms. The minimum atomic E-state index is 0.243. The zero-order chi connectivity index (χ0) is 13.8. The molecule has 0 saturated carbocycles. The van der Waals surface area contributed by atoms with Crippen LogP contribution in [0.2, 0.25) is 0 Å². The van der Waals surface area contributed by atoms with Crippen LogP contribution < -0.4 is 4.74 Å². The first-order valence-electron chi connectivity index (χ1n) is 6.12. The topological polar surface area (TPSA) is 58.8 Å². The summed E-state index contributed by atoms with van der Waals surface area (Å²) in [4.78, 5) is 8.73. The van der Waals surface area contributed by atoms with E-state index in [-0.39, 0.29) is 5.92 Å². The second-order valence-corrected chi connectivity index (χ2v) is 4.60. The molecule has 2 rings (SSSR count). The number of aryl methyl sites for hydroxylation is 1. The lowest BCUT2D eigenvalue weighted by molar-refractivity contribution is 0.456. The minimum Gasteiger partial charge on any atom is -0.439 e. The molecule has 0 aliphatic rings. The average molecular weight is 253 g/mol. The maximum Gasteiger partial charge on any atom is 0.222 e. The summed E-state index contributed by atoms with van der Waals surface area (Å²) >= 11 is 0. The Morgan fingerprint density at radius 3 is 2.68 bits per heavy atom. The molecule has 0 N–H and O–H groups in total. The predicted molar refractivity (Wildman–Crippen MR) is 72.1 cm³/mol. The lowest BCUT2D eigenvalue weighted by Crippen LogP contribution is -2.01. The van der Waals surface area contributed by atoms with Crippen molar-refractivity contribution in [1.29, 1.82) is 5.26 Å². The van der Waals surface area contributed by atoms with Gasteiger partial charge in [0.05, 0.1) is 11.6 Å². The molecule has 0 amide bonds. The van der Waals surface area contributed by atoms with E-state index in [0.717, 1.165) is 11.5 Å². The van der Waals surface area contributed by atoms with Crippen molar-refractivity contribution in [3.05, 3.63) is 47.4 Å². The van der Waals surface area contributed by atoms with Crippen molar-refractivity contribution in [2.24, 2.45) is 0 Å². The number of rotatable bonds is 3. The molecule has 0 fully saturated rings. The van der Waals surface area contributed by atoms with E-state index in [1.807, 2.05) is 20.8 Å². The van der Waals surface area contributed by atoms with Crippen LogP contribution in [0, 0.1) is 18.3 Å². The van der Waals surface area contributed by atoms with Crippen LogP contribution >= 0.6 is 0 Å². The van der Waals surface area contributed by atoms with E-state index in [0.29, 0.717) is 17.2 Å². The van der Waals surface area contributed by atoms with E-state index >= 15 is 0 Å².